The second-order valence-corrected chi connectivity index (χ2v) is 11.4. The maximum Gasteiger partial charge on any atom is 0.108 e. The summed E-state index contributed by atoms with van der Waals surface area (Å²) < 4.78 is 2.21. The molecule has 0 saturated carbocycles. The Morgan fingerprint density at radius 1 is 0.528 bits per heavy atom. The third-order valence-electron chi connectivity index (χ3n) is 7.93. The summed E-state index contributed by atoms with van der Waals surface area (Å²) in [6.45, 7) is 3.90. The van der Waals surface area contributed by atoms with Crippen LogP contribution in [-0.4, -0.2) is 16.1 Å². The van der Waals surface area contributed by atoms with Crippen LogP contribution in [0.5, 0.6) is 0 Å². The summed E-state index contributed by atoms with van der Waals surface area (Å²) in [5.74, 6) is 1.21. The van der Waals surface area contributed by atoms with Crippen LogP contribution in [0, 0.1) is 0 Å². The molecule has 0 bridgehead atoms. The minimum atomic E-state index is 0.697. The van der Waals surface area contributed by atoms with Crippen LogP contribution in [0.3, 0.4) is 0 Å². The second kappa shape index (κ2) is 27.2. The molecular weight excluding hydrogens is 438 g/mol. The average molecular weight is 504 g/mol. The van der Waals surface area contributed by atoms with Gasteiger partial charge in [0.05, 0.1) is 0 Å². The van der Waals surface area contributed by atoms with Crippen LogP contribution >= 0.6 is 0 Å². The van der Waals surface area contributed by atoms with E-state index in [4.69, 9.17) is 5.73 Å². The number of aromatic nitrogens is 2. The fourth-order valence-corrected chi connectivity index (χ4v) is 5.51. The van der Waals surface area contributed by atoms with Crippen LogP contribution in [0.4, 0.5) is 0 Å². The van der Waals surface area contributed by atoms with Gasteiger partial charge < -0.3 is 10.3 Å². The largest absolute Gasteiger partial charge is 0.334 e. The van der Waals surface area contributed by atoms with Gasteiger partial charge in [-0.3, -0.25) is 0 Å². The number of nitrogens with zero attached hydrogens (tertiary/aromatic N) is 2. The molecule has 3 heteroatoms. The van der Waals surface area contributed by atoms with E-state index in [1.165, 1.54) is 173 Å². The van der Waals surface area contributed by atoms with Crippen molar-refractivity contribution in [1.29, 1.82) is 0 Å². The summed E-state index contributed by atoms with van der Waals surface area (Å²) in [5.41, 5.74) is 5.66. The van der Waals surface area contributed by atoms with E-state index >= 15 is 0 Å². The molecule has 0 fully saturated rings. The van der Waals surface area contributed by atoms with Crippen LogP contribution in [-0.2, 0) is 13.0 Å². The van der Waals surface area contributed by atoms with E-state index in [9.17, 15) is 0 Å². The van der Waals surface area contributed by atoms with E-state index in [0.29, 0.717) is 6.54 Å². The highest BCUT2D eigenvalue weighted by molar-refractivity contribution is 4.92. The molecule has 0 aliphatic carbocycles. The van der Waals surface area contributed by atoms with E-state index in [0.717, 1.165) is 13.0 Å². The average Bonchev–Trinajstić information content (AvgIpc) is 3.33. The zero-order valence-corrected chi connectivity index (χ0v) is 24.6. The molecule has 0 unspecified atom stereocenters. The number of imidazole rings is 1. The highest BCUT2D eigenvalue weighted by atomic mass is 15.1. The molecule has 1 aromatic rings. The molecular formula is C33H65N3. The summed E-state index contributed by atoms with van der Waals surface area (Å²) in [6, 6.07) is 0. The lowest BCUT2D eigenvalue weighted by molar-refractivity contribution is 0.515. The first-order chi connectivity index (χ1) is 17.9. The first-order valence-electron chi connectivity index (χ1n) is 16.6. The van der Waals surface area contributed by atoms with Gasteiger partial charge in [0, 0.05) is 31.9 Å². The molecule has 0 saturated heterocycles. The van der Waals surface area contributed by atoms with Crippen LogP contribution in [0.2, 0.25) is 0 Å². The molecule has 36 heavy (non-hydrogen) atoms. The molecule has 0 spiro atoms. The number of rotatable bonds is 29. The maximum atomic E-state index is 5.66. The van der Waals surface area contributed by atoms with Crippen molar-refractivity contribution in [2.45, 2.75) is 187 Å². The van der Waals surface area contributed by atoms with Gasteiger partial charge in [0.15, 0.2) is 0 Å². The number of nitrogens with two attached hydrogens (primary N) is 1. The van der Waals surface area contributed by atoms with Crippen molar-refractivity contribution in [3.8, 4) is 0 Å². The quantitative estimate of drug-likeness (QED) is 0.110. The van der Waals surface area contributed by atoms with Gasteiger partial charge in [-0.05, 0) is 6.42 Å². The molecule has 2 N–H and O–H groups in total. The van der Waals surface area contributed by atoms with Crippen molar-refractivity contribution in [3.05, 3.63) is 18.2 Å². The third-order valence-corrected chi connectivity index (χ3v) is 7.93. The smallest absolute Gasteiger partial charge is 0.108 e. The lowest BCUT2D eigenvalue weighted by atomic mass is 10.0. The summed E-state index contributed by atoms with van der Waals surface area (Å²) in [7, 11) is 0. The van der Waals surface area contributed by atoms with Crippen molar-refractivity contribution in [2.24, 2.45) is 5.73 Å². The molecule has 1 aromatic heterocycles. The van der Waals surface area contributed by atoms with E-state index < -0.39 is 0 Å². The van der Waals surface area contributed by atoms with Crippen LogP contribution in [0.1, 0.15) is 180 Å². The summed E-state index contributed by atoms with van der Waals surface area (Å²) in [4.78, 5) is 4.47. The zero-order chi connectivity index (χ0) is 25.8. The second-order valence-electron chi connectivity index (χ2n) is 11.4. The van der Waals surface area contributed by atoms with Gasteiger partial charge in [0.25, 0.3) is 0 Å². The molecule has 3 nitrogen and oxygen atoms in total. The predicted molar refractivity (Wildman–Crippen MR) is 161 cm³/mol. The molecule has 212 valence electrons. The minimum Gasteiger partial charge on any atom is -0.334 e. The Morgan fingerprint density at radius 2 is 0.861 bits per heavy atom. The standard InChI is InChI=1S/C33H65N3/c1-2-3-4-5-6-7-8-9-10-11-12-13-14-15-16-17-18-19-20-21-22-23-24-25-26-27-28-33-35-30-32-36(33)31-29-34/h30,32H,2-29,31,34H2,1H3. The Kier molecular flexibility index (Phi) is 25.1. The Hall–Kier alpha value is -0.830. The molecule has 1 rings (SSSR count). The third kappa shape index (κ3) is 21.3. The van der Waals surface area contributed by atoms with Gasteiger partial charge in [-0.25, -0.2) is 4.98 Å². The highest BCUT2D eigenvalue weighted by Crippen LogP contribution is 2.16. The molecule has 0 radical (unpaired) electrons. The van der Waals surface area contributed by atoms with Gasteiger partial charge in [0.1, 0.15) is 5.82 Å². The fourth-order valence-electron chi connectivity index (χ4n) is 5.51. The van der Waals surface area contributed by atoms with Crippen LogP contribution in [0.25, 0.3) is 0 Å². The molecule has 0 atom stereocenters. The van der Waals surface area contributed by atoms with Crippen molar-refractivity contribution < 1.29 is 0 Å². The maximum absolute atomic E-state index is 5.66. The van der Waals surface area contributed by atoms with Crippen molar-refractivity contribution in [2.75, 3.05) is 6.54 Å². The predicted octanol–water partition coefficient (Wildman–Crippen LogP) is 10.5. The first-order valence-corrected chi connectivity index (χ1v) is 16.6. The number of hydrogen-bond acceptors (Lipinski definition) is 2. The normalized spacial score (nSPS) is 11.5. The first kappa shape index (κ1) is 33.2. The number of hydrogen-bond donors (Lipinski definition) is 1. The molecule has 1 heterocycles. The molecule has 0 aromatic carbocycles. The lowest BCUT2D eigenvalue weighted by Crippen LogP contribution is -2.11. The summed E-state index contributed by atoms with van der Waals surface area (Å²) in [6.07, 6.45) is 42.7. The van der Waals surface area contributed by atoms with Gasteiger partial charge in [-0.15, -0.1) is 0 Å². The van der Waals surface area contributed by atoms with E-state index in [1.807, 2.05) is 6.20 Å². The van der Waals surface area contributed by atoms with Gasteiger partial charge in [-0.1, -0.05) is 167 Å². The Balaban J connectivity index is 1.67. The summed E-state index contributed by atoms with van der Waals surface area (Å²) in [5, 5.41) is 0. The van der Waals surface area contributed by atoms with E-state index in [2.05, 4.69) is 22.7 Å². The topological polar surface area (TPSA) is 43.8 Å². The Bertz CT molecular complexity index is 539. The Morgan fingerprint density at radius 3 is 1.19 bits per heavy atom. The highest BCUT2D eigenvalue weighted by Gasteiger charge is 2.02. The van der Waals surface area contributed by atoms with Crippen LogP contribution in [0.15, 0.2) is 12.4 Å². The molecule has 0 aliphatic rings. The van der Waals surface area contributed by atoms with Crippen molar-refractivity contribution in [3.63, 3.8) is 0 Å². The lowest BCUT2D eigenvalue weighted by Gasteiger charge is -2.06. The minimum absolute atomic E-state index is 0.697. The van der Waals surface area contributed by atoms with E-state index in [-0.39, 0.29) is 0 Å². The van der Waals surface area contributed by atoms with Gasteiger partial charge in [0.2, 0.25) is 0 Å². The fraction of sp³-hybridized carbons (Fsp3) is 0.909. The van der Waals surface area contributed by atoms with Crippen molar-refractivity contribution in [1.82, 2.24) is 9.55 Å². The van der Waals surface area contributed by atoms with Gasteiger partial charge >= 0.3 is 0 Å². The van der Waals surface area contributed by atoms with E-state index in [1.54, 1.807) is 0 Å². The molecule has 0 aliphatic heterocycles. The number of unbranched alkanes of at least 4 members (excludes halogenated alkanes) is 25. The molecule has 0 amide bonds. The van der Waals surface area contributed by atoms with Gasteiger partial charge in [-0.2, -0.15) is 0 Å². The summed E-state index contributed by atoms with van der Waals surface area (Å²) >= 11 is 0. The van der Waals surface area contributed by atoms with Crippen molar-refractivity contribution >= 4 is 0 Å². The SMILES string of the molecule is CCCCCCCCCCCCCCCCCCCCCCCCCCCCc1nccn1CCN. The van der Waals surface area contributed by atoms with Crippen LogP contribution < -0.4 is 5.73 Å². The Labute approximate surface area is 226 Å². The monoisotopic (exact) mass is 504 g/mol. The zero-order valence-electron chi connectivity index (χ0n) is 24.6. The number of aryl methyl sites for hydroxylation is 1.